The molecule has 0 aliphatic carbocycles. The quantitative estimate of drug-likeness (QED) is 0.844. The molecule has 1 N–H and O–H groups in total. The summed E-state index contributed by atoms with van der Waals surface area (Å²) in [6.45, 7) is 0. The van der Waals surface area contributed by atoms with E-state index in [1.807, 2.05) is 0 Å². The van der Waals surface area contributed by atoms with Crippen molar-refractivity contribution in [3.8, 4) is 0 Å². The maximum Gasteiger partial charge on any atom is 0.264 e. The molecule has 7 heteroatoms. The molecule has 0 spiro atoms. The zero-order valence-corrected chi connectivity index (χ0v) is 12.5. The largest absolute Gasteiger partial charge is 0.280 e. The van der Waals surface area contributed by atoms with Crippen molar-refractivity contribution >= 4 is 31.6 Å². The third kappa shape index (κ3) is 3.34. The maximum absolute atomic E-state index is 13.5. The summed E-state index contributed by atoms with van der Waals surface area (Å²) in [4.78, 5) is -0.594. The highest BCUT2D eigenvalue weighted by Gasteiger charge is 2.19. The van der Waals surface area contributed by atoms with Crippen molar-refractivity contribution in [2.75, 3.05) is 4.72 Å². The number of halogens is 3. The molecule has 0 aliphatic rings. The molecule has 2 aromatic rings. The van der Waals surface area contributed by atoms with Crippen molar-refractivity contribution in [3.63, 3.8) is 0 Å². The molecule has 0 aromatic heterocycles. The number of sulfonamides is 1. The topological polar surface area (TPSA) is 46.2 Å². The van der Waals surface area contributed by atoms with Crippen LogP contribution in [0.15, 0.2) is 47.4 Å². The molecule has 0 radical (unpaired) electrons. The first-order valence-electron chi connectivity index (χ1n) is 5.55. The van der Waals surface area contributed by atoms with Gasteiger partial charge in [-0.2, -0.15) is 0 Å². The lowest BCUT2D eigenvalue weighted by molar-refractivity contribution is 0.551. The number of hydrogen-bond donors (Lipinski definition) is 1. The van der Waals surface area contributed by atoms with Gasteiger partial charge < -0.3 is 0 Å². The monoisotopic (exact) mass is 361 g/mol. The summed E-state index contributed by atoms with van der Waals surface area (Å²) in [5.74, 6) is -1.96. The Morgan fingerprint density at radius 3 is 2.25 bits per heavy atom. The lowest BCUT2D eigenvalue weighted by atomic mass is 10.2. The van der Waals surface area contributed by atoms with E-state index in [0.29, 0.717) is 17.1 Å². The Morgan fingerprint density at radius 1 is 1.05 bits per heavy atom. The molecule has 2 aromatic carbocycles. The molecule has 3 nitrogen and oxygen atoms in total. The first kappa shape index (κ1) is 14.9. The summed E-state index contributed by atoms with van der Waals surface area (Å²) in [5.41, 5.74) is 1.28. The number of nitrogens with one attached hydrogen (secondary N) is 1. The average molecular weight is 362 g/mol. The number of rotatable bonds is 4. The van der Waals surface area contributed by atoms with Crippen LogP contribution in [0.25, 0.3) is 0 Å². The van der Waals surface area contributed by atoms with E-state index < -0.39 is 26.6 Å². The predicted octanol–water partition coefficient (Wildman–Crippen LogP) is 3.66. The molecular weight excluding hydrogens is 352 g/mol. The Morgan fingerprint density at radius 2 is 1.70 bits per heavy atom. The molecular formula is C13H10BrF2NO2S. The highest BCUT2D eigenvalue weighted by molar-refractivity contribution is 9.08. The van der Waals surface area contributed by atoms with E-state index in [4.69, 9.17) is 0 Å². The SMILES string of the molecule is O=S(=O)(Nc1ccc(CBr)cc1)c1ccc(F)cc1F. The second-order valence-electron chi connectivity index (χ2n) is 4.01. The molecule has 20 heavy (non-hydrogen) atoms. The lowest BCUT2D eigenvalue weighted by Crippen LogP contribution is -2.14. The van der Waals surface area contributed by atoms with Crippen molar-refractivity contribution in [2.45, 2.75) is 10.2 Å². The van der Waals surface area contributed by atoms with Gasteiger partial charge in [-0.05, 0) is 29.8 Å². The molecule has 2 rings (SSSR count). The third-order valence-electron chi connectivity index (χ3n) is 2.54. The Hall–Kier alpha value is -1.47. The average Bonchev–Trinajstić information content (AvgIpc) is 2.38. The Bertz CT molecular complexity index is 718. The van der Waals surface area contributed by atoms with E-state index in [2.05, 4.69) is 20.7 Å². The number of hydrogen-bond acceptors (Lipinski definition) is 2. The lowest BCUT2D eigenvalue weighted by Gasteiger charge is -2.09. The van der Waals surface area contributed by atoms with Gasteiger partial charge >= 0.3 is 0 Å². The molecule has 0 saturated carbocycles. The van der Waals surface area contributed by atoms with E-state index in [0.717, 1.165) is 17.7 Å². The van der Waals surface area contributed by atoms with E-state index in [9.17, 15) is 17.2 Å². The molecule has 0 amide bonds. The van der Waals surface area contributed by atoms with Crippen LogP contribution in [0.1, 0.15) is 5.56 Å². The first-order chi connectivity index (χ1) is 9.42. The van der Waals surface area contributed by atoms with Gasteiger partial charge in [0.05, 0.1) is 0 Å². The Kier molecular flexibility index (Phi) is 4.39. The molecule has 0 atom stereocenters. The van der Waals surface area contributed by atoms with Crippen LogP contribution in [-0.4, -0.2) is 8.42 Å². The minimum absolute atomic E-state index is 0.304. The van der Waals surface area contributed by atoms with Crippen LogP contribution in [-0.2, 0) is 15.4 Å². The minimum atomic E-state index is -4.08. The molecule has 0 bridgehead atoms. The Labute approximate surface area is 123 Å². The number of anilines is 1. The number of alkyl halides is 1. The summed E-state index contributed by atoms with van der Waals surface area (Å²) in [5, 5.41) is 0.645. The maximum atomic E-state index is 13.5. The minimum Gasteiger partial charge on any atom is -0.280 e. The van der Waals surface area contributed by atoms with E-state index in [1.54, 1.807) is 24.3 Å². The fourth-order valence-electron chi connectivity index (χ4n) is 1.57. The van der Waals surface area contributed by atoms with Crippen LogP contribution < -0.4 is 4.72 Å². The molecule has 0 aliphatic heterocycles. The van der Waals surface area contributed by atoms with Gasteiger partial charge in [0.1, 0.15) is 16.5 Å². The Balaban J connectivity index is 2.30. The summed E-state index contributed by atoms with van der Waals surface area (Å²) in [7, 11) is -4.08. The highest BCUT2D eigenvalue weighted by atomic mass is 79.9. The van der Waals surface area contributed by atoms with Crippen LogP contribution >= 0.6 is 15.9 Å². The van der Waals surface area contributed by atoms with Crippen LogP contribution in [0.4, 0.5) is 14.5 Å². The van der Waals surface area contributed by atoms with Gasteiger partial charge in [0.15, 0.2) is 0 Å². The van der Waals surface area contributed by atoms with Crippen LogP contribution in [0.2, 0.25) is 0 Å². The smallest absolute Gasteiger partial charge is 0.264 e. The highest BCUT2D eigenvalue weighted by Crippen LogP contribution is 2.20. The summed E-state index contributed by atoms with van der Waals surface area (Å²) >= 11 is 3.27. The van der Waals surface area contributed by atoms with Crippen LogP contribution in [0.5, 0.6) is 0 Å². The van der Waals surface area contributed by atoms with Crippen molar-refractivity contribution in [3.05, 3.63) is 59.7 Å². The normalized spacial score (nSPS) is 11.3. The van der Waals surface area contributed by atoms with Gasteiger partial charge in [-0.3, -0.25) is 4.72 Å². The fraction of sp³-hybridized carbons (Fsp3) is 0.0769. The summed E-state index contributed by atoms with van der Waals surface area (Å²) < 4.78 is 52.5. The van der Waals surface area contributed by atoms with Gasteiger partial charge in [0.25, 0.3) is 10.0 Å². The number of benzene rings is 2. The second-order valence-corrected chi connectivity index (χ2v) is 6.22. The van der Waals surface area contributed by atoms with Gasteiger partial charge in [-0.15, -0.1) is 0 Å². The summed E-state index contributed by atoms with van der Waals surface area (Å²) in [6, 6.07) is 8.90. The van der Waals surface area contributed by atoms with E-state index >= 15 is 0 Å². The van der Waals surface area contributed by atoms with Crippen LogP contribution in [0.3, 0.4) is 0 Å². The second kappa shape index (κ2) is 5.88. The fourth-order valence-corrected chi connectivity index (χ4v) is 3.06. The van der Waals surface area contributed by atoms with Crippen LogP contribution in [0, 0.1) is 11.6 Å². The molecule has 0 unspecified atom stereocenters. The first-order valence-corrected chi connectivity index (χ1v) is 8.15. The standard InChI is InChI=1S/C13H10BrF2NO2S/c14-8-9-1-4-11(5-2-9)17-20(18,19)13-6-3-10(15)7-12(13)16/h1-7,17H,8H2. The van der Waals surface area contributed by atoms with E-state index in [1.165, 1.54) is 0 Å². The molecule has 0 fully saturated rings. The van der Waals surface area contributed by atoms with Crippen molar-refractivity contribution in [1.29, 1.82) is 0 Å². The zero-order valence-electron chi connectivity index (χ0n) is 10.1. The molecule has 106 valence electrons. The van der Waals surface area contributed by atoms with E-state index in [-0.39, 0.29) is 0 Å². The van der Waals surface area contributed by atoms with Gasteiger partial charge in [0.2, 0.25) is 0 Å². The molecule has 0 heterocycles. The molecule has 0 saturated heterocycles. The van der Waals surface area contributed by atoms with Crippen molar-refractivity contribution < 1.29 is 17.2 Å². The zero-order chi connectivity index (χ0) is 14.8. The van der Waals surface area contributed by atoms with Gasteiger partial charge in [0, 0.05) is 17.1 Å². The van der Waals surface area contributed by atoms with Crippen molar-refractivity contribution in [1.82, 2.24) is 0 Å². The van der Waals surface area contributed by atoms with Crippen molar-refractivity contribution in [2.24, 2.45) is 0 Å². The van der Waals surface area contributed by atoms with Gasteiger partial charge in [-0.25, -0.2) is 17.2 Å². The third-order valence-corrected chi connectivity index (χ3v) is 4.61. The van der Waals surface area contributed by atoms with Gasteiger partial charge in [-0.1, -0.05) is 28.1 Å². The predicted molar refractivity (Wildman–Crippen MR) is 76.2 cm³/mol. The summed E-state index contributed by atoms with van der Waals surface area (Å²) in [6.07, 6.45) is 0.